The fourth-order valence-corrected chi connectivity index (χ4v) is 4.85. The largest absolute Gasteiger partial charge is 0.326 e. The van der Waals surface area contributed by atoms with Gasteiger partial charge in [0.25, 0.3) is 0 Å². The Morgan fingerprint density at radius 3 is 2.72 bits per heavy atom. The minimum absolute atomic E-state index is 0.324. The van der Waals surface area contributed by atoms with Crippen molar-refractivity contribution in [1.82, 2.24) is 4.72 Å². The summed E-state index contributed by atoms with van der Waals surface area (Å²) < 4.78 is 27.2. The number of thioether (sulfide) groups is 1. The average Bonchev–Trinajstić information content (AvgIpc) is 2.69. The Balaban J connectivity index is 2.74. The molecule has 1 rings (SSSR count). The van der Waals surface area contributed by atoms with Crippen molar-refractivity contribution in [3.63, 3.8) is 0 Å². The summed E-state index contributed by atoms with van der Waals surface area (Å²) >= 11 is 2.97. The Bertz CT molecular complexity index is 482. The molecule has 0 radical (unpaired) electrons. The number of sulfonamides is 1. The molecule has 0 aliphatic heterocycles. The van der Waals surface area contributed by atoms with Gasteiger partial charge in [0.2, 0.25) is 10.0 Å². The molecule has 1 aromatic heterocycles. The topological polar surface area (TPSA) is 72.2 Å². The maximum Gasteiger partial charge on any atom is 0.250 e. The van der Waals surface area contributed by atoms with Gasteiger partial charge < -0.3 is 5.73 Å². The van der Waals surface area contributed by atoms with Crippen LogP contribution >= 0.6 is 23.1 Å². The molecular weight excluding hydrogens is 288 g/mol. The summed E-state index contributed by atoms with van der Waals surface area (Å²) in [5, 5.41) is 0. The Morgan fingerprint density at radius 2 is 2.22 bits per heavy atom. The molecule has 0 spiro atoms. The van der Waals surface area contributed by atoms with Gasteiger partial charge in [-0.3, -0.25) is 0 Å². The maximum atomic E-state index is 12.1. The highest BCUT2D eigenvalue weighted by Crippen LogP contribution is 2.25. The third kappa shape index (κ3) is 4.24. The van der Waals surface area contributed by atoms with Crippen molar-refractivity contribution in [1.29, 1.82) is 0 Å². The Hall–Kier alpha value is -0.0800. The Labute approximate surface area is 117 Å². The van der Waals surface area contributed by atoms with Crippen LogP contribution in [0.5, 0.6) is 0 Å². The van der Waals surface area contributed by atoms with E-state index in [1.807, 2.05) is 20.1 Å². The lowest BCUT2D eigenvalue weighted by molar-refractivity contribution is 0.564. The van der Waals surface area contributed by atoms with Crippen LogP contribution in [0.15, 0.2) is 10.3 Å². The molecule has 3 N–H and O–H groups in total. The van der Waals surface area contributed by atoms with Gasteiger partial charge in [-0.1, -0.05) is 6.92 Å². The number of rotatable bonds is 7. The van der Waals surface area contributed by atoms with Crippen LogP contribution < -0.4 is 10.5 Å². The molecule has 1 aromatic rings. The molecule has 1 unspecified atom stereocenters. The van der Waals surface area contributed by atoms with Gasteiger partial charge in [-0.25, -0.2) is 13.1 Å². The molecule has 0 aromatic carbocycles. The fourth-order valence-electron chi connectivity index (χ4n) is 1.49. The van der Waals surface area contributed by atoms with Gasteiger partial charge in [0, 0.05) is 18.0 Å². The second kappa shape index (κ2) is 6.91. The predicted molar refractivity (Wildman–Crippen MR) is 79.7 cm³/mol. The molecule has 0 amide bonds. The first-order valence-corrected chi connectivity index (χ1v) is 9.38. The number of nitrogens with one attached hydrogen (secondary N) is 1. The average molecular weight is 308 g/mol. The summed E-state index contributed by atoms with van der Waals surface area (Å²) in [5.41, 5.74) is 6.51. The van der Waals surface area contributed by atoms with E-state index in [1.54, 1.807) is 17.8 Å². The van der Waals surface area contributed by atoms with Crippen molar-refractivity contribution < 1.29 is 8.42 Å². The highest BCUT2D eigenvalue weighted by molar-refractivity contribution is 7.98. The maximum absolute atomic E-state index is 12.1. The Morgan fingerprint density at radius 1 is 1.56 bits per heavy atom. The van der Waals surface area contributed by atoms with Crippen molar-refractivity contribution in [2.45, 2.75) is 24.6 Å². The van der Waals surface area contributed by atoms with Crippen LogP contribution in [0.25, 0.3) is 0 Å². The van der Waals surface area contributed by atoms with Crippen LogP contribution in [0.1, 0.15) is 17.4 Å². The molecule has 0 saturated heterocycles. The minimum Gasteiger partial charge on any atom is -0.326 e. The zero-order valence-corrected chi connectivity index (χ0v) is 13.3. The number of hydrogen-bond donors (Lipinski definition) is 2. The molecule has 104 valence electrons. The van der Waals surface area contributed by atoms with Gasteiger partial charge in [0.15, 0.2) is 0 Å². The van der Waals surface area contributed by atoms with Crippen molar-refractivity contribution >= 4 is 33.1 Å². The summed E-state index contributed by atoms with van der Waals surface area (Å²) in [4.78, 5) is 0.924. The summed E-state index contributed by atoms with van der Waals surface area (Å²) in [6.45, 7) is 4.77. The van der Waals surface area contributed by atoms with Gasteiger partial charge in [-0.05, 0) is 36.5 Å². The standard InChI is InChI=1S/C11H20N2O2S3/c1-8(7-16-3)6-13-18(14,15)11-4-9(2)10(5-12)17-11/h4,8,13H,5-7,12H2,1-3H3. The molecule has 7 heteroatoms. The van der Waals surface area contributed by atoms with Crippen LogP contribution in [0, 0.1) is 12.8 Å². The van der Waals surface area contributed by atoms with E-state index in [1.165, 1.54) is 11.3 Å². The molecule has 18 heavy (non-hydrogen) atoms. The van der Waals surface area contributed by atoms with E-state index in [-0.39, 0.29) is 0 Å². The summed E-state index contributed by atoms with van der Waals surface area (Å²) in [6.07, 6.45) is 2.02. The first kappa shape index (κ1) is 16.0. The van der Waals surface area contributed by atoms with Crippen molar-refractivity contribution in [2.24, 2.45) is 11.7 Å². The SMILES string of the molecule is CSCC(C)CNS(=O)(=O)c1cc(C)c(CN)s1. The van der Waals surface area contributed by atoms with Crippen molar-refractivity contribution in [3.8, 4) is 0 Å². The number of thiophene rings is 1. The number of hydrogen-bond acceptors (Lipinski definition) is 5. The van der Waals surface area contributed by atoms with Gasteiger partial charge in [0.1, 0.15) is 4.21 Å². The number of aryl methyl sites for hydroxylation is 1. The molecule has 0 aliphatic rings. The molecule has 0 bridgehead atoms. The van der Waals surface area contributed by atoms with Gasteiger partial charge in [-0.2, -0.15) is 11.8 Å². The number of nitrogens with two attached hydrogens (primary N) is 1. The lowest BCUT2D eigenvalue weighted by Crippen LogP contribution is -2.28. The quantitative estimate of drug-likeness (QED) is 0.805. The molecule has 0 saturated carbocycles. The second-order valence-corrected chi connectivity index (χ2v) is 8.33. The van der Waals surface area contributed by atoms with Crippen LogP contribution in [0.2, 0.25) is 0 Å². The summed E-state index contributed by atoms with van der Waals surface area (Å²) in [5.74, 6) is 1.27. The van der Waals surface area contributed by atoms with Gasteiger partial charge in [-0.15, -0.1) is 11.3 Å². The van der Waals surface area contributed by atoms with Crippen LogP contribution in [0.4, 0.5) is 0 Å². The van der Waals surface area contributed by atoms with Crippen LogP contribution in [-0.2, 0) is 16.6 Å². The molecule has 1 heterocycles. The lowest BCUT2D eigenvalue weighted by atomic mass is 10.2. The first-order valence-electron chi connectivity index (χ1n) is 5.68. The Kier molecular flexibility index (Phi) is 6.13. The van der Waals surface area contributed by atoms with Crippen LogP contribution in [-0.4, -0.2) is 27.0 Å². The molecule has 4 nitrogen and oxygen atoms in total. The van der Waals surface area contributed by atoms with Gasteiger partial charge >= 0.3 is 0 Å². The third-order valence-electron chi connectivity index (χ3n) is 2.52. The van der Waals surface area contributed by atoms with E-state index in [0.29, 0.717) is 23.2 Å². The predicted octanol–water partition coefficient (Wildman–Crippen LogP) is 1.79. The smallest absolute Gasteiger partial charge is 0.250 e. The molecule has 1 atom stereocenters. The third-order valence-corrected chi connectivity index (χ3v) is 6.58. The van der Waals surface area contributed by atoms with E-state index >= 15 is 0 Å². The van der Waals surface area contributed by atoms with E-state index in [2.05, 4.69) is 4.72 Å². The second-order valence-electron chi connectivity index (χ2n) is 4.29. The van der Waals surface area contributed by atoms with Gasteiger partial charge in [0.05, 0.1) is 0 Å². The normalized spacial score (nSPS) is 13.8. The first-order chi connectivity index (χ1) is 8.40. The van der Waals surface area contributed by atoms with E-state index < -0.39 is 10.0 Å². The summed E-state index contributed by atoms with van der Waals surface area (Å²) in [6, 6.07) is 1.69. The highest BCUT2D eigenvalue weighted by Gasteiger charge is 2.19. The highest BCUT2D eigenvalue weighted by atomic mass is 32.2. The van der Waals surface area contributed by atoms with Crippen molar-refractivity contribution in [2.75, 3.05) is 18.6 Å². The van der Waals surface area contributed by atoms with E-state index in [0.717, 1.165) is 16.2 Å². The molecule has 0 fully saturated rings. The lowest BCUT2D eigenvalue weighted by Gasteiger charge is -2.10. The monoisotopic (exact) mass is 308 g/mol. The van der Waals surface area contributed by atoms with Crippen molar-refractivity contribution in [3.05, 3.63) is 16.5 Å². The zero-order chi connectivity index (χ0) is 13.8. The van der Waals surface area contributed by atoms with E-state index in [4.69, 9.17) is 5.73 Å². The fraction of sp³-hybridized carbons (Fsp3) is 0.636. The summed E-state index contributed by atoms with van der Waals surface area (Å²) in [7, 11) is -3.38. The zero-order valence-electron chi connectivity index (χ0n) is 10.9. The minimum atomic E-state index is -3.38. The van der Waals surface area contributed by atoms with Crippen LogP contribution in [0.3, 0.4) is 0 Å². The molecular formula is C11H20N2O2S3. The molecule has 0 aliphatic carbocycles. The van der Waals surface area contributed by atoms with E-state index in [9.17, 15) is 8.42 Å².